The van der Waals surface area contributed by atoms with E-state index in [1.807, 2.05) is 0 Å². The first-order valence-electron chi connectivity index (χ1n) is 5.38. The molecular weight excluding hydrogens is 276 g/mol. The van der Waals surface area contributed by atoms with Crippen molar-refractivity contribution < 1.29 is 17.9 Å². The summed E-state index contributed by atoms with van der Waals surface area (Å²) in [7, 11) is -0.389. The maximum absolute atomic E-state index is 12.3. The van der Waals surface area contributed by atoms with Crippen LogP contribution in [0.15, 0.2) is 15.7 Å². The molecule has 2 heterocycles. The molecule has 1 aromatic heterocycles. The molecule has 2 rings (SSSR count). The first-order valence-corrected chi connectivity index (χ1v) is 7.70. The summed E-state index contributed by atoms with van der Waals surface area (Å²) >= 11 is 1.12. The van der Waals surface area contributed by atoms with Crippen LogP contribution in [0.25, 0.3) is 0 Å². The number of anilines is 1. The Balaban J connectivity index is 2.22. The number of hydrogen-bond donors (Lipinski definition) is 1. The predicted molar refractivity (Wildman–Crippen MR) is 69.1 cm³/mol. The van der Waals surface area contributed by atoms with E-state index in [0.29, 0.717) is 18.8 Å². The first-order chi connectivity index (χ1) is 8.48. The third-order valence-electron chi connectivity index (χ3n) is 2.98. The zero-order valence-electron chi connectivity index (χ0n) is 10.2. The molecule has 18 heavy (non-hydrogen) atoms. The van der Waals surface area contributed by atoms with Gasteiger partial charge in [-0.1, -0.05) is 0 Å². The van der Waals surface area contributed by atoms with E-state index in [2.05, 4.69) is 0 Å². The Morgan fingerprint density at radius 1 is 1.33 bits per heavy atom. The highest BCUT2D eigenvalue weighted by Crippen LogP contribution is 2.28. The van der Waals surface area contributed by atoms with Gasteiger partial charge in [0.05, 0.1) is 12.2 Å². The highest BCUT2D eigenvalue weighted by Gasteiger charge is 2.40. The molecule has 6 nitrogen and oxygen atoms in total. The molecule has 1 aliphatic heterocycles. The van der Waals surface area contributed by atoms with Crippen LogP contribution in [0.4, 0.5) is 5.69 Å². The standard InChI is InChI=1S/C10H16N2O4S2/c1-15-8-4-12(5-9(8)16-2)18(13,14)10-3-7(11)6-17-10/h3,6,8-9H,4-5,11H2,1-2H3. The highest BCUT2D eigenvalue weighted by molar-refractivity contribution is 7.91. The van der Waals surface area contributed by atoms with Crippen LogP contribution in [0.2, 0.25) is 0 Å². The minimum Gasteiger partial charge on any atom is -0.398 e. The number of thiophene rings is 1. The molecule has 1 aliphatic rings. The van der Waals surface area contributed by atoms with E-state index < -0.39 is 10.0 Å². The quantitative estimate of drug-likeness (QED) is 0.867. The van der Waals surface area contributed by atoms with Crippen molar-refractivity contribution in [3.05, 3.63) is 11.4 Å². The molecule has 0 amide bonds. The fourth-order valence-electron chi connectivity index (χ4n) is 1.95. The normalized spacial score (nSPS) is 25.7. The van der Waals surface area contributed by atoms with Crippen molar-refractivity contribution in [2.75, 3.05) is 33.0 Å². The van der Waals surface area contributed by atoms with Gasteiger partial charge in [0.1, 0.15) is 4.21 Å². The number of hydrogen-bond acceptors (Lipinski definition) is 6. The van der Waals surface area contributed by atoms with Gasteiger partial charge in [-0.05, 0) is 6.07 Å². The number of methoxy groups -OCH3 is 2. The Morgan fingerprint density at radius 2 is 1.89 bits per heavy atom. The molecule has 2 atom stereocenters. The van der Waals surface area contributed by atoms with Crippen LogP contribution in [0.3, 0.4) is 0 Å². The Bertz CT molecular complexity index is 502. The van der Waals surface area contributed by atoms with E-state index in [0.717, 1.165) is 11.3 Å². The summed E-state index contributed by atoms with van der Waals surface area (Å²) in [4.78, 5) is 0. The van der Waals surface area contributed by atoms with Gasteiger partial charge in [-0.2, -0.15) is 4.31 Å². The molecule has 1 fully saturated rings. The second-order valence-electron chi connectivity index (χ2n) is 4.07. The molecule has 0 bridgehead atoms. The van der Waals surface area contributed by atoms with Gasteiger partial charge in [0.15, 0.2) is 0 Å². The van der Waals surface area contributed by atoms with Crippen LogP contribution < -0.4 is 5.73 Å². The second kappa shape index (κ2) is 5.14. The molecule has 1 aromatic rings. The molecule has 1 saturated heterocycles. The monoisotopic (exact) mass is 292 g/mol. The van der Waals surface area contributed by atoms with Crippen molar-refractivity contribution in [2.24, 2.45) is 0 Å². The van der Waals surface area contributed by atoms with Crippen molar-refractivity contribution in [1.82, 2.24) is 4.31 Å². The SMILES string of the molecule is COC1CN(S(=O)(=O)c2cc(N)cs2)CC1OC. The summed E-state index contributed by atoms with van der Waals surface area (Å²) in [6, 6.07) is 1.47. The number of nitrogen functional groups attached to an aromatic ring is 1. The van der Waals surface area contributed by atoms with Gasteiger partial charge < -0.3 is 15.2 Å². The first kappa shape index (κ1) is 13.8. The average Bonchev–Trinajstić information content (AvgIpc) is 2.94. The lowest BCUT2D eigenvalue weighted by Crippen LogP contribution is -2.29. The summed E-state index contributed by atoms with van der Waals surface area (Å²) in [5.74, 6) is 0. The Labute approximate surface area is 110 Å². The summed E-state index contributed by atoms with van der Waals surface area (Å²) in [6.45, 7) is 0.601. The van der Waals surface area contributed by atoms with Crippen LogP contribution in [-0.4, -0.2) is 52.2 Å². The van der Waals surface area contributed by atoms with Crippen LogP contribution in [0.1, 0.15) is 0 Å². The molecular formula is C10H16N2O4S2. The number of nitrogens with two attached hydrogens (primary N) is 1. The molecule has 0 aliphatic carbocycles. The Kier molecular flexibility index (Phi) is 3.93. The van der Waals surface area contributed by atoms with Crippen molar-refractivity contribution in [2.45, 2.75) is 16.4 Å². The summed E-state index contributed by atoms with van der Waals surface area (Å²) in [5.41, 5.74) is 6.02. The lowest BCUT2D eigenvalue weighted by molar-refractivity contribution is -0.00461. The van der Waals surface area contributed by atoms with E-state index in [4.69, 9.17) is 15.2 Å². The predicted octanol–water partition coefficient (Wildman–Crippen LogP) is 0.365. The van der Waals surface area contributed by atoms with Crippen molar-refractivity contribution in [3.63, 3.8) is 0 Å². The molecule has 0 aromatic carbocycles. The van der Waals surface area contributed by atoms with Gasteiger partial charge >= 0.3 is 0 Å². The van der Waals surface area contributed by atoms with Gasteiger partial charge in [-0.3, -0.25) is 0 Å². The van der Waals surface area contributed by atoms with E-state index in [1.54, 1.807) is 19.6 Å². The smallest absolute Gasteiger partial charge is 0.252 e. The van der Waals surface area contributed by atoms with Crippen molar-refractivity contribution >= 4 is 27.0 Å². The van der Waals surface area contributed by atoms with Crippen LogP contribution in [0.5, 0.6) is 0 Å². The summed E-state index contributed by atoms with van der Waals surface area (Å²) in [5, 5.41) is 1.62. The average molecular weight is 292 g/mol. The molecule has 2 N–H and O–H groups in total. The largest absolute Gasteiger partial charge is 0.398 e. The van der Waals surface area contributed by atoms with Gasteiger partial charge in [-0.15, -0.1) is 11.3 Å². The fraction of sp³-hybridized carbons (Fsp3) is 0.600. The maximum Gasteiger partial charge on any atom is 0.252 e. The van der Waals surface area contributed by atoms with Gasteiger partial charge in [0.25, 0.3) is 10.0 Å². The van der Waals surface area contributed by atoms with Gasteiger partial charge in [0.2, 0.25) is 0 Å². The lowest BCUT2D eigenvalue weighted by atomic mass is 10.3. The zero-order valence-corrected chi connectivity index (χ0v) is 11.8. The summed E-state index contributed by atoms with van der Waals surface area (Å²) in [6.07, 6.45) is -0.468. The highest BCUT2D eigenvalue weighted by atomic mass is 32.2. The van der Waals surface area contributed by atoms with Crippen LogP contribution >= 0.6 is 11.3 Å². The topological polar surface area (TPSA) is 81.9 Å². The number of sulfonamides is 1. The minimum atomic E-state index is -3.49. The van der Waals surface area contributed by atoms with Crippen molar-refractivity contribution in [3.8, 4) is 0 Å². The molecule has 0 radical (unpaired) electrons. The van der Waals surface area contributed by atoms with Gasteiger partial charge in [-0.25, -0.2) is 8.42 Å². The molecule has 8 heteroatoms. The lowest BCUT2D eigenvalue weighted by Gasteiger charge is -2.14. The second-order valence-corrected chi connectivity index (χ2v) is 7.15. The maximum atomic E-state index is 12.3. The molecule has 0 spiro atoms. The Morgan fingerprint density at radius 3 is 2.28 bits per heavy atom. The third-order valence-corrected chi connectivity index (χ3v) is 6.24. The number of ether oxygens (including phenoxy) is 2. The van der Waals surface area contributed by atoms with Crippen LogP contribution in [-0.2, 0) is 19.5 Å². The van der Waals surface area contributed by atoms with E-state index in [-0.39, 0.29) is 16.4 Å². The zero-order chi connectivity index (χ0) is 13.3. The Hall–Kier alpha value is -0.670. The molecule has 2 unspecified atom stereocenters. The third kappa shape index (κ3) is 2.39. The summed E-state index contributed by atoms with van der Waals surface area (Å²) < 4.78 is 36.8. The molecule has 0 saturated carbocycles. The number of nitrogens with zero attached hydrogens (tertiary/aromatic N) is 1. The van der Waals surface area contributed by atoms with E-state index >= 15 is 0 Å². The van der Waals surface area contributed by atoms with Crippen LogP contribution in [0, 0.1) is 0 Å². The molecule has 102 valence electrons. The van der Waals surface area contributed by atoms with Gasteiger partial charge in [0, 0.05) is 38.4 Å². The van der Waals surface area contributed by atoms with E-state index in [9.17, 15) is 8.42 Å². The minimum absolute atomic E-state index is 0.234. The fourth-order valence-corrected chi connectivity index (χ4v) is 4.65. The van der Waals surface area contributed by atoms with Crippen molar-refractivity contribution in [1.29, 1.82) is 0 Å². The number of rotatable bonds is 4. The van der Waals surface area contributed by atoms with E-state index in [1.165, 1.54) is 10.4 Å².